The molecule has 5 nitrogen and oxygen atoms in total. The van der Waals surface area contributed by atoms with Crippen LogP contribution in [0.1, 0.15) is 37.8 Å². The Bertz CT molecular complexity index is 811. The molecule has 31 heavy (non-hydrogen) atoms. The third-order valence-electron chi connectivity index (χ3n) is 6.54. The van der Waals surface area contributed by atoms with Crippen LogP contribution in [0.3, 0.4) is 0 Å². The van der Waals surface area contributed by atoms with E-state index in [2.05, 4.69) is 72.2 Å². The highest BCUT2D eigenvalue weighted by atomic mass is 16.6. The van der Waals surface area contributed by atoms with Crippen molar-refractivity contribution in [1.82, 2.24) is 9.80 Å². The van der Waals surface area contributed by atoms with Gasteiger partial charge in [0, 0.05) is 31.2 Å². The van der Waals surface area contributed by atoms with Gasteiger partial charge in [-0.3, -0.25) is 4.90 Å². The summed E-state index contributed by atoms with van der Waals surface area (Å²) in [4.78, 5) is 4.75. The molecule has 0 saturated carbocycles. The molecule has 2 aromatic rings. The van der Waals surface area contributed by atoms with Crippen molar-refractivity contribution < 1.29 is 14.6 Å². The van der Waals surface area contributed by atoms with E-state index < -0.39 is 5.72 Å². The van der Waals surface area contributed by atoms with Crippen molar-refractivity contribution in [1.29, 1.82) is 0 Å². The number of rotatable bonds is 8. The SMILES string of the molecule is CC(C)N1CCOC1(COc1ccc(CCN2CCCC(O)C2)cc1)c1ccccc1. The van der Waals surface area contributed by atoms with Crippen molar-refractivity contribution in [3.05, 3.63) is 65.7 Å². The van der Waals surface area contributed by atoms with E-state index in [0.717, 1.165) is 56.8 Å². The minimum atomic E-state index is -0.552. The zero-order valence-corrected chi connectivity index (χ0v) is 18.9. The summed E-state index contributed by atoms with van der Waals surface area (Å²) in [5.41, 5.74) is 1.89. The number of β-amino-alcohol motifs (C(OH)–C–C–N with tert-alkyl or cyclic N) is 1. The minimum absolute atomic E-state index is 0.162. The zero-order chi connectivity index (χ0) is 21.7. The highest BCUT2D eigenvalue weighted by Crippen LogP contribution is 2.36. The Hall–Kier alpha value is -1.92. The molecule has 2 heterocycles. The van der Waals surface area contributed by atoms with Gasteiger partial charge in [0.1, 0.15) is 12.4 Å². The van der Waals surface area contributed by atoms with Gasteiger partial charge in [0.2, 0.25) is 0 Å². The summed E-state index contributed by atoms with van der Waals surface area (Å²) in [7, 11) is 0. The first-order valence-electron chi connectivity index (χ1n) is 11.7. The van der Waals surface area contributed by atoms with Crippen molar-refractivity contribution in [2.45, 2.75) is 51.0 Å². The predicted molar refractivity (Wildman–Crippen MR) is 123 cm³/mol. The van der Waals surface area contributed by atoms with Crippen LogP contribution < -0.4 is 4.74 Å². The second-order valence-electron chi connectivity index (χ2n) is 9.07. The number of aliphatic hydroxyl groups excluding tert-OH is 1. The normalized spacial score (nSPS) is 25.2. The molecule has 0 radical (unpaired) electrons. The molecule has 5 heteroatoms. The predicted octanol–water partition coefficient (Wildman–Crippen LogP) is 3.66. The Balaban J connectivity index is 1.39. The molecule has 2 saturated heterocycles. The van der Waals surface area contributed by atoms with E-state index in [1.165, 1.54) is 5.56 Å². The van der Waals surface area contributed by atoms with Gasteiger partial charge in [-0.25, -0.2) is 0 Å². The number of hydrogen-bond donors (Lipinski definition) is 1. The van der Waals surface area contributed by atoms with Crippen LogP contribution in [-0.2, 0) is 16.9 Å². The number of nitrogens with zero attached hydrogens (tertiary/aromatic N) is 2. The molecular weight excluding hydrogens is 388 g/mol. The van der Waals surface area contributed by atoms with E-state index in [1.54, 1.807) is 0 Å². The maximum atomic E-state index is 9.85. The fourth-order valence-corrected chi connectivity index (χ4v) is 4.86. The highest BCUT2D eigenvalue weighted by molar-refractivity contribution is 5.29. The van der Waals surface area contributed by atoms with Crippen molar-refractivity contribution in [2.75, 3.05) is 39.4 Å². The van der Waals surface area contributed by atoms with E-state index in [-0.39, 0.29) is 6.10 Å². The van der Waals surface area contributed by atoms with E-state index in [9.17, 15) is 5.11 Å². The second-order valence-corrected chi connectivity index (χ2v) is 9.07. The fourth-order valence-electron chi connectivity index (χ4n) is 4.86. The van der Waals surface area contributed by atoms with E-state index in [1.807, 2.05) is 6.07 Å². The Labute approximate surface area is 186 Å². The number of likely N-dealkylation sites (tertiary alicyclic amines) is 1. The summed E-state index contributed by atoms with van der Waals surface area (Å²) in [5, 5.41) is 9.85. The van der Waals surface area contributed by atoms with Crippen LogP contribution in [-0.4, -0.2) is 66.4 Å². The molecule has 2 aromatic carbocycles. The molecule has 0 aromatic heterocycles. The molecule has 2 unspecified atom stereocenters. The van der Waals surface area contributed by atoms with Crippen LogP contribution in [0.25, 0.3) is 0 Å². The van der Waals surface area contributed by atoms with Gasteiger partial charge in [-0.05, 0) is 57.4 Å². The summed E-state index contributed by atoms with van der Waals surface area (Å²) in [6.07, 6.45) is 2.85. The number of benzene rings is 2. The molecule has 168 valence electrons. The molecule has 0 bridgehead atoms. The van der Waals surface area contributed by atoms with Crippen molar-refractivity contribution in [3.63, 3.8) is 0 Å². The average molecular weight is 425 g/mol. The van der Waals surface area contributed by atoms with Gasteiger partial charge in [0.25, 0.3) is 0 Å². The lowest BCUT2D eigenvalue weighted by molar-refractivity contribution is -0.126. The quantitative estimate of drug-likeness (QED) is 0.701. The van der Waals surface area contributed by atoms with Gasteiger partial charge in [0.05, 0.1) is 12.7 Å². The summed E-state index contributed by atoms with van der Waals surface area (Å²) in [6, 6.07) is 19.2. The van der Waals surface area contributed by atoms with Gasteiger partial charge in [-0.15, -0.1) is 0 Å². The topological polar surface area (TPSA) is 45.2 Å². The molecule has 1 N–H and O–H groups in total. The van der Waals surface area contributed by atoms with Crippen LogP contribution >= 0.6 is 0 Å². The number of ether oxygens (including phenoxy) is 2. The lowest BCUT2D eigenvalue weighted by atomic mass is 10.0. The van der Waals surface area contributed by atoms with Crippen molar-refractivity contribution >= 4 is 0 Å². The monoisotopic (exact) mass is 424 g/mol. The first-order chi connectivity index (χ1) is 15.1. The summed E-state index contributed by atoms with van der Waals surface area (Å²) in [6.45, 7) is 9.37. The van der Waals surface area contributed by atoms with Gasteiger partial charge in [0.15, 0.2) is 5.72 Å². The lowest BCUT2D eigenvalue weighted by Gasteiger charge is -2.39. The molecule has 4 rings (SSSR count). The molecule has 0 aliphatic carbocycles. The Morgan fingerprint density at radius 2 is 1.87 bits per heavy atom. The van der Waals surface area contributed by atoms with Gasteiger partial charge in [-0.2, -0.15) is 0 Å². The standard InChI is InChI=1S/C26H36N2O3/c1-21(2)28-17-18-31-26(28,23-7-4-3-5-8-23)20-30-25-12-10-22(11-13-25)14-16-27-15-6-9-24(29)19-27/h3-5,7-8,10-13,21,24,29H,6,9,14-20H2,1-2H3. The first-order valence-corrected chi connectivity index (χ1v) is 11.7. The van der Waals surface area contributed by atoms with E-state index in [4.69, 9.17) is 9.47 Å². The van der Waals surface area contributed by atoms with E-state index >= 15 is 0 Å². The van der Waals surface area contributed by atoms with Gasteiger partial charge < -0.3 is 19.5 Å². The molecule has 2 aliphatic rings. The first kappa shape index (κ1) is 22.3. The maximum absolute atomic E-state index is 9.85. The number of aliphatic hydroxyl groups is 1. The Kier molecular flexibility index (Phi) is 7.28. The molecule has 2 atom stereocenters. The fraction of sp³-hybridized carbons (Fsp3) is 0.538. The van der Waals surface area contributed by atoms with Crippen LogP contribution in [0.5, 0.6) is 5.75 Å². The largest absolute Gasteiger partial charge is 0.489 e. The highest BCUT2D eigenvalue weighted by Gasteiger charge is 2.46. The van der Waals surface area contributed by atoms with Crippen molar-refractivity contribution in [3.8, 4) is 5.75 Å². The van der Waals surface area contributed by atoms with E-state index in [0.29, 0.717) is 19.3 Å². The van der Waals surface area contributed by atoms with Crippen molar-refractivity contribution in [2.24, 2.45) is 0 Å². The smallest absolute Gasteiger partial charge is 0.182 e. The molecule has 2 fully saturated rings. The Morgan fingerprint density at radius 3 is 2.58 bits per heavy atom. The van der Waals surface area contributed by atoms with Crippen LogP contribution in [0.2, 0.25) is 0 Å². The summed E-state index contributed by atoms with van der Waals surface area (Å²) >= 11 is 0. The van der Waals surface area contributed by atoms with Gasteiger partial charge >= 0.3 is 0 Å². The lowest BCUT2D eigenvalue weighted by Crippen LogP contribution is -2.50. The summed E-state index contributed by atoms with van der Waals surface area (Å²) < 4.78 is 12.6. The maximum Gasteiger partial charge on any atom is 0.182 e. The second kappa shape index (κ2) is 10.1. The summed E-state index contributed by atoms with van der Waals surface area (Å²) in [5.74, 6) is 0.867. The number of piperidine rings is 1. The molecular formula is C26H36N2O3. The third kappa shape index (κ3) is 5.29. The van der Waals surface area contributed by atoms with Crippen LogP contribution in [0, 0.1) is 0 Å². The van der Waals surface area contributed by atoms with Crippen LogP contribution in [0.15, 0.2) is 54.6 Å². The molecule has 2 aliphatic heterocycles. The molecule has 0 spiro atoms. The average Bonchev–Trinajstić information content (AvgIpc) is 3.23. The third-order valence-corrected chi connectivity index (χ3v) is 6.54. The number of hydrogen-bond acceptors (Lipinski definition) is 5. The van der Waals surface area contributed by atoms with Crippen LogP contribution in [0.4, 0.5) is 0 Å². The minimum Gasteiger partial charge on any atom is -0.489 e. The van der Waals surface area contributed by atoms with Gasteiger partial charge in [-0.1, -0.05) is 42.5 Å². The zero-order valence-electron chi connectivity index (χ0n) is 18.9. The Morgan fingerprint density at radius 1 is 1.10 bits per heavy atom. The molecule has 0 amide bonds.